The van der Waals surface area contributed by atoms with Crippen LogP contribution in [0.15, 0.2) is 66.7 Å². The van der Waals surface area contributed by atoms with Gasteiger partial charge in [0.05, 0.1) is 7.11 Å². The molecule has 1 N–H and O–H groups in total. The van der Waals surface area contributed by atoms with Crippen molar-refractivity contribution < 1.29 is 23.8 Å². The van der Waals surface area contributed by atoms with Crippen LogP contribution in [-0.4, -0.2) is 32.2 Å². The normalized spacial score (nSPS) is 10.3. The molecule has 28 heavy (non-hydrogen) atoms. The van der Waals surface area contributed by atoms with E-state index >= 15 is 0 Å². The Morgan fingerprint density at radius 2 is 1.57 bits per heavy atom. The van der Waals surface area contributed by atoms with E-state index in [1.165, 1.54) is 0 Å². The summed E-state index contributed by atoms with van der Waals surface area (Å²) in [6.45, 7) is -0.270. The van der Waals surface area contributed by atoms with Gasteiger partial charge in [0, 0.05) is 6.54 Å². The Hall–Kier alpha value is -3.54. The van der Waals surface area contributed by atoms with Crippen LogP contribution >= 0.6 is 0 Å². The van der Waals surface area contributed by atoms with Gasteiger partial charge in [-0.2, -0.15) is 0 Å². The summed E-state index contributed by atoms with van der Waals surface area (Å²) in [5.74, 6) is 0.331. The van der Waals surface area contributed by atoms with E-state index in [2.05, 4.69) is 5.32 Å². The quantitative estimate of drug-likeness (QED) is 0.609. The van der Waals surface area contributed by atoms with Gasteiger partial charge in [0.25, 0.3) is 5.91 Å². The summed E-state index contributed by atoms with van der Waals surface area (Å²) in [5.41, 5.74) is 0.917. The van der Waals surface area contributed by atoms with Gasteiger partial charge in [-0.15, -0.1) is 0 Å². The van der Waals surface area contributed by atoms with E-state index in [4.69, 9.17) is 14.2 Å². The van der Waals surface area contributed by atoms with Crippen molar-refractivity contribution in [1.29, 1.82) is 0 Å². The van der Waals surface area contributed by atoms with Gasteiger partial charge in [0.15, 0.2) is 13.2 Å². The van der Waals surface area contributed by atoms with Crippen molar-refractivity contribution in [2.24, 2.45) is 0 Å². The van der Waals surface area contributed by atoms with Crippen molar-refractivity contribution in [3.8, 4) is 11.5 Å². The van der Waals surface area contributed by atoms with Crippen molar-refractivity contribution in [3.63, 3.8) is 0 Å². The highest BCUT2D eigenvalue weighted by atomic mass is 16.6. The van der Waals surface area contributed by atoms with E-state index in [1.807, 2.05) is 60.7 Å². The van der Waals surface area contributed by atoms with Crippen LogP contribution in [0.25, 0.3) is 10.8 Å². The van der Waals surface area contributed by atoms with Crippen LogP contribution < -0.4 is 14.8 Å². The summed E-state index contributed by atoms with van der Waals surface area (Å²) in [6.07, 6.45) is 0. The molecular formula is C22H21NO5. The average molecular weight is 379 g/mol. The maximum absolute atomic E-state index is 11.8. The lowest BCUT2D eigenvalue weighted by Crippen LogP contribution is -2.29. The molecule has 0 spiro atoms. The van der Waals surface area contributed by atoms with Gasteiger partial charge in [0.1, 0.15) is 11.5 Å². The maximum atomic E-state index is 11.8. The lowest BCUT2D eigenvalue weighted by Gasteiger charge is -2.09. The molecule has 0 aliphatic rings. The van der Waals surface area contributed by atoms with Crippen LogP contribution in [0, 0.1) is 0 Å². The Balaban J connectivity index is 1.38. The molecule has 0 atom stereocenters. The lowest BCUT2D eigenvalue weighted by atomic mass is 10.1. The number of carbonyl (C=O) groups is 2. The van der Waals surface area contributed by atoms with Gasteiger partial charge in [-0.25, -0.2) is 4.79 Å². The summed E-state index contributed by atoms with van der Waals surface area (Å²) < 4.78 is 15.5. The highest BCUT2D eigenvalue weighted by Crippen LogP contribution is 2.20. The Labute approximate surface area is 163 Å². The Morgan fingerprint density at radius 1 is 0.857 bits per heavy atom. The van der Waals surface area contributed by atoms with Crippen molar-refractivity contribution in [2.75, 3.05) is 20.3 Å². The van der Waals surface area contributed by atoms with E-state index in [1.54, 1.807) is 13.2 Å². The number of nitrogens with one attached hydrogen (secondary N) is 1. The lowest BCUT2D eigenvalue weighted by molar-refractivity contribution is -0.150. The topological polar surface area (TPSA) is 73.9 Å². The molecule has 0 aliphatic heterocycles. The molecule has 144 valence electrons. The zero-order valence-corrected chi connectivity index (χ0v) is 15.5. The van der Waals surface area contributed by atoms with Gasteiger partial charge in [-0.1, -0.05) is 42.5 Å². The predicted molar refractivity (Wildman–Crippen MR) is 105 cm³/mol. The van der Waals surface area contributed by atoms with Crippen LogP contribution in [-0.2, 0) is 20.9 Å². The second-order valence-corrected chi connectivity index (χ2v) is 6.08. The molecule has 3 aromatic rings. The van der Waals surface area contributed by atoms with E-state index < -0.39 is 5.97 Å². The van der Waals surface area contributed by atoms with Gasteiger partial charge in [-0.3, -0.25) is 4.79 Å². The summed E-state index contributed by atoms with van der Waals surface area (Å²) in [6, 6.07) is 20.7. The molecule has 3 aromatic carbocycles. The van der Waals surface area contributed by atoms with Gasteiger partial charge >= 0.3 is 5.97 Å². The molecule has 1 amide bonds. The molecule has 6 heteroatoms. The Kier molecular flexibility index (Phi) is 6.46. The number of fused-ring (bicyclic) bond motifs is 1. The minimum Gasteiger partial charge on any atom is -0.497 e. The number of benzene rings is 3. The van der Waals surface area contributed by atoms with Crippen LogP contribution in [0.3, 0.4) is 0 Å². The van der Waals surface area contributed by atoms with Crippen LogP contribution in [0.2, 0.25) is 0 Å². The minimum absolute atomic E-state index is 0.260. The van der Waals surface area contributed by atoms with E-state index in [0.717, 1.165) is 22.1 Å². The number of ether oxygens (including phenoxy) is 3. The van der Waals surface area contributed by atoms with Crippen molar-refractivity contribution in [1.82, 2.24) is 5.32 Å². The van der Waals surface area contributed by atoms with Crippen molar-refractivity contribution >= 4 is 22.6 Å². The second-order valence-electron chi connectivity index (χ2n) is 6.08. The van der Waals surface area contributed by atoms with Gasteiger partial charge in [-0.05, 0) is 40.6 Å². The zero-order valence-electron chi connectivity index (χ0n) is 15.5. The molecule has 0 fully saturated rings. The molecule has 0 saturated carbocycles. The van der Waals surface area contributed by atoms with Crippen molar-refractivity contribution in [3.05, 3.63) is 72.3 Å². The summed E-state index contributed by atoms with van der Waals surface area (Å²) in [5, 5.41) is 4.80. The highest BCUT2D eigenvalue weighted by Gasteiger charge is 2.09. The largest absolute Gasteiger partial charge is 0.497 e. The molecular weight excluding hydrogens is 358 g/mol. The van der Waals surface area contributed by atoms with Crippen molar-refractivity contribution in [2.45, 2.75) is 6.54 Å². The molecule has 6 nitrogen and oxygen atoms in total. The first kappa shape index (κ1) is 19.2. The van der Waals surface area contributed by atoms with E-state index in [9.17, 15) is 9.59 Å². The fourth-order valence-corrected chi connectivity index (χ4v) is 2.58. The molecule has 0 saturated heterocycles. The fraction of sp³-hybridized carbons (Fsp3) is 0.182. The second kappa shape index (κ2) is 9.41. The Morgan fingerprint density at radius 3 is 2.32 bits per heavy atom. The summed E-state index contributed by atoms with van der Waals surface area (Å²) in [4.78, 5) is 23.6. The first-order valence-corrected chi connectivity index (χ1v) is 8.81. The summed E-state index contributed by atoms with van der Waals surface area (Å²) in [7, 11) is 1.59. The monoisotopic (exact) mass is 379 g/mol. The minimum atomic E-state index is -0.604. The average Bonchev–Trinajstić information content (AvgIpc) is 2.75. The third-order valence-corrected chi connectivity index (χ3v) is 4.09. The number of esters is 1. The number of amides is 1. The first-order chi connectivity index (χ1) is 13.6. The summed E-state index contributed by atoms with van der Waals surface area (Å²) >= 11 is 0. The molecule has 0 unspecified atom stereocenters. The SMILES string of the molecule is COc1ccc(CNC(=O)COC(=O)COc2ccc3ccccc3c2)cc1. The standard InChI is InChI=1S/C22H21NO5/c1-26-19-9-6-16(7-10-19)13-23-21(24)14-28-22(25)15-27-20-11-8-17-4-2-3-5-18(17)12-20/h2-12H,13-15H2,1H3,(H,23,24). The molecule has 0 radical (unpaired) electrons. The van der Waals surface area contributed by atoms with Crippen LogP contribution in [0.5, 0.6) is 11.5 Å². The number of hydrogen-bond acceptors (Lipinski definition) is 5. The van der Waals surface area contributed by atoms with Crippen LogP contribution in [0.1, 0.15) is 5.56 Å². The fourth-order valence-electron chi connectivity index (χ4n) is 2.58. The maximum Gasteiger partial charge on any atom is 0.344 e. The van der Waals surface area contributed by atoms with Gasteiger partial charge in [0.2, 0.25) is 0 Å². The number of hydrogen-bond donors (Lipinski definition) is 1. The third-order valence-electron chi connectivity index (χ3n) is 4.09. The predicted octanol–water partition coefficient (Wildman–Crippen LogP) is 3.09. The van der Waals surface area contributed by atoms with Gasteiger partial charge < -0.3 is 19.5 Å². The number of rotatable bonds is 8. The number of methoxy groups -OCH3 is 1. The molecule has 0 aromatic heterocycles. The molecule has 3 rings (SSSR count). The zero-order chi connectivity index (χ0) is 19.8. The first-order valence-electron chi connectivity index (χ1n) is 8.81. The highest BCUT2D eigenvalue weighted by molar-refractivity contribution is 5.84. The Bertz CT molecular complexity index is 953. The molecule has 0 bridgehead atoms. The van der Waals surface area contributed by atoms with Crippen LogP contribution in [0.4, 0.5) is 0 Å². The number of carbonyl (C=O) groups excluding carboxylic acids is 2. The smallest absolute Gasteiger partial charge is 0.344 e. The molecule has 0 aliphatic carbocycles. The molecule has 0 heterocycles. The van der Waals surface area contributed by atoms with E-state index in [-0.39, 0.29) is 19.1 Å². The van der Waals surface area contributed by atoms with E-state index in [0.29, 0.717) is 12.3 Å². The third kappa shape index (κ3) is 5.48.